The molecule has 2 rings (SSSR count). The van der Waals surface area contributed by atoms with Crippen molar-refractivity contribution in [1.82, 2.24) is 4.90 Å². The summed E-state index contributed by atoms with van der Waals surface area (Å²) in [4.78, 5) is 13.3. The molecule has 1 N–H and O–H groups in total. The zero-order chi connectivity index (χ0) is 9.97. The van der Waals surface area contributed by atoms with Crippen LogP contribution in [-0.4, -0.2) is 41.4 Å². The second kappa shape index (κ2) is 4.17. The zero-order valence-electron chi connectivity index (χ0n) is 8.32. The molecule has 1 aliphatic carbocycles. The third kappa shape index (κ3) is 1.85. The lowest BCUT2D eigenvalue weighted by Gasteiger charge is -2.20. The lowest BCUT2D eigenvalue weighted by molar-refractivity contribution is 0.115. The summed E-state index contributed by atoms with van der Waals surface area (Å²) in [6.07, 6.45) is 4.96. The van der Waals surface area contributed by atoms with Gasteiger partial charge in [0.15, 0.2) is 0 Å². The number of aliphatic hydroxyl groups is 1. The van der Waals surface area contributed by atoms with Crippen LogP contribution >= 0.6 is 0 Å². The molecule has 14 heavy (non-hydrogen) atoms. The van der Waals surface area contributed by atoms with Gasteiger partial charge in [-0.3, -0.25) is 0 Å². The van der Waals surface area contributed by atoms with Crippen LogP contribution in [0.3, 0.4) is 0 Å². The average Bonchev–Trinajstić information content (AvgIpc) is 2.74. The molecule has 1 saturated heterocycles. The van der Waals surface area contributed by atoms with E-state index >= 15 is 0 Å². The van der Waals surface area contributed by atoms with E-state index in [1.54, 1.807) is 0 Å². The van der Waals surface area contributed by atoms with Gasteiger partial charge in [-0.15, -0.1) is 0 Å². The monoisotopic (exact) mass is 199 g/mol. The summed E-state index contributed by atoms with van der Waals surface area (Å²) >= 11 is 0. The highest BCUT2D eigenvalue weighted by Gasteiger charge is 2.36. The SMILES string of the molecule is O=C1OC(CCO)CN1C1CCCC1. The molecule has 80 valence electrons. The van der Waals surface area contributed by atoms with E-state index < -0.39 is 0 Å². The van der Waals surface area contributed by atoms with E-state index in [1.807, 2.05) is 4.90 Å². The number of nitrogens with zero attached hydrogens (tertiary/aromatic N) is 1. The highest BCUT2D eigenvalue weighted by molar-refractivity contribution is 5.70. The molecule has 4 heteroatoms. The molecule has 1 saturated carbocycles. The number of rotatable bonds is 3. The van der Waals surface area contributed by atoms with Crippen LogP contribution in [0.15, 0.2) is 0 Å². The van der Waals surface area contributed by atoms with Gasteiger partial charge in [0.2, 0.25) is 0 Å². The van der Waals surface area contributed by atoms with Gasteiger partial charge in [-0.25, -0.2) is 4.79 Å². The predicted molar refractivity (Wildman–Crippen MR) is 50.9 cm³/mol. The van der Waals surface area contributed by atoms with Crippen molar-refractivity contribution in [2.24, 2.45) is 0 Å². The first kappa shape index (κ1) is 9.77. The molecular formula is C10H17NO3. The zero-order valence-corrected chi connectivity index (χ0v) is 8.32. The van der Waals surface area contributed by atoms with Crippen LogP contribution < -0.4 is 0 Å². The number of aliphatic hydroxyl groups excluding tert-OH is 1. The van der Waals surface area contributed by atoms with Gasteiger partial charge in [-0.1, -0.05) is 12.8 Å². The van der Waals surface area contributed by atoms with Crippen LogP contribution in [0.1, 0.15) is 32.1 Å². The van der Waals surface area contributed by atoms with Crippen molar-refractivity contribution in [3.05, 3.63) is 0 Å². The summed E-state index contributed by atoms with van der Waals surface area (Å²) in [6, 6.07) is 0.395. The fourth-order valence-electron chi connectivity index (χ4n) is 2.35. The van der Waals surface area contributed by atoms with E-state index in [-0.39, 0.29) is 18.8 Å². The van der Waals surface area contributed by atoms with Crippen LogP contribution in [0, 0.1) is 0 Å². The van der Waals surface area contributed by atoms with Crippen molar-refractivity contribution in [2.45, 2.75) is 44.2 Å². The number of cyclic esters (lactones) is 1. The van der Waals surface area contributed by atoms with Gasteiger partial charge in [0.25, 0.3) is 0 Å². The molecule has 0 spiro atoms. The molecule has 1 atom stereocenters. The topological polar surface area (TPSA) is 49.8 Å². The summed E-state index contributed by atoms with van der Waals surface area (Å²) < 4.78 is 5.15. The molecule has 1 heterocycles. The summed E-state index contributed by atoms with van der Waals surface area (Å²) in [5.41, 5.74) is 0. The average molecular weight is 199 g/mol. The Bertz CT molecular complexity index is 213. The summed E-state index contributed by atoms with van der Waals surface area (Å²) in [6.45, 7) is 0.764. The highest BCUT2D eigenvalue weighted by atomic mass is 16.6. The van der Waals surface area contributed by atoms with Crippen LogP contribution in [0.2, 0.25) is 0 Å². The maximum absolute atomic E-state index is 11.5. The Morgan fingerprint density at radius 3 is 2.79 bits per heavy atom. The summed E-state index contributed by atoms with van der Waals surface area (Å²) in [7, 11) is 0. The van der Waals surface area contributed by atoms with E-state index in [4.69, 9.17) is 9.84 Å². The quantitative estimate of drug-likeness (QED) is 0.741. The minimum atomic E-state index is -0.185. The number of hydrogen-bond donors (Lipinski definition) is 1. The van der Waals surface area contributed by atoms with Crippen molar-refractivity contribution in [3.8, 4) is 0 Å². The second-order valence-electron chi connectivity index (χ2n) is 4.11. The molecule has 0 radical (unpaired) electrons. The Kier molecular flexibility index (Phi) is 2.91. The molecule has 0 bridgehead atoms. The number of carbonyl (C=O) groups excluding carboxylic acids is 1. The largest absolute Gasteiger partial charge is 0.444 e. The van der Waals surface area contributed by atoms with Gasteiger partial charge >= 0.3 is 6.09 Å². The number of amides is 1. The molecule has 0 aromatic heterocycles. The Hall–Kier alpha value is -0.770. The molecule has 4 nitrogen and oxygen atoms in total. The first-order chi connectivity index (χ1) is 6.81. The van der Waals surface area contributed by atoms with E-state index in [0.717, 1.165) is 12.8 Å². The Morgan fingerprint density at radius 2 is 2.14 bits per heavy atom. The summed E-state index contributed by atoms with van der Waals surface area (Å²) in [5.74, 6) is 0. The van der Waals surface area contributed by atoms with Crippen molar-refractivity contribution < 1.29 is 14.6 Å². The van der Waals surface area contributed by atoms with E-state index in [9.17, 15) is 4.79 Å². The molecule has 1 aliphatic heterocycles. The van der Waals surface area contributed by atoms with Gasteiger partial charge in [-0.05, 0) is 12.8 Å². The highest BCUT2D eigenvalue weighted by Crippen LogP contribution is 2.27. The molecule has 0 aromatic carbocycles. The molecule has 1 unspecified atom stereocenters. The van der Waals surface area contributed by atoms with Crippen molar-refractivity contribution in [2.75, 3.05) is 13.2 Å². The smallest absolute Gasteiger partial charge is 0.410 e. The molecule has 0 aromatic rings. The van der Waals surface area contributed by atoms with Crippen molar-refractivity contribution in [3.63, 3.8) is 0 Å². The predicted octanol–water partition coefficient (Wildman–Crippen LogP) is 1.13. The fourth-order valence-corrected chi connectivity index (χ4v) is 2.35. The Labute approximate surface area is 83.8 Å². The Balaban J connectivity index is 1.90. The van der Waals surface area contributed by atoms with Gasteiger partial charge in [0.05, 0.1) is 6.54 Å². The van der Waals surface area contributed by atoms with Gasteiger partial charge < -0.3 is 14.7 Å². The van der Waals surface area contributed by atoms with E-state index in [0.29, 0.717) is 19.0 Å². The van der Waals surface area contributed by atoms with E-state index in [1.165, 1.54) is 12.8 Å². The van der Waals surface area contributed by atoms with Gasteiger partial charge in [0.1, 0.15) is 6.10 Å². The molecule has 2 fully saturated rings. The third-order valence-corrected chi connectivity index (χ3v) is 3.12. The number of carbonyl (C=O) groups is 1. The Morgan fingerprint density at radius 1 is 1.43 bits per heavy atom. The van der Waals surface area contributed by atoms with Crippen LogP contribution in [-0.2, 0) is 4.74 Å². The fraction of sp³-hybridized carbons (Fsp3) is 0.900. The maximum atomic E-state index is 11.5. The lowest BCUT2D eigenvalue weighted by Crippen LogP contribution is -2.34. The van der Waals surface area contributed by atoms with E-state index in [2.05, 4.69) is 0 Å². The van der Waals surface area contributed by atoms with Crippen LogP contribution in [0.25, 0.3) is 0 Å². The first-order valence-corrected chi connectivity index (χ1v) is 5.39. The minimum absolute atomic E-state index is 0.0897. The maximum Gasteiger partial charge on any atom is 0.410 e. The number of hydrogen-bond acceptors (Lipinski definition) is 3. The molecular weight excluding hydrogens is 182 g/mol. The normalized spacial score (nSPS) is 28.5. The van der Waals surface area contributed by atoms with Crippen molar-refractivity contribution >= 4 is 6.09 Å². The van der Waals surface area contributed by atoms with Crippen molar-refractivity contribution in [1.29, 1.82) is 0 Å². The minimum Gasteiger partial charge on any atom is -0.444 e. The lowest BCUT2D eigenvalue weighted by atomic mass is 10.2. The summed E-state index contributed by atoms with van der Waals surface area (Å²) in [5, 5.41) is 8.75. The van der Waals surface area contributed by atoms with Crippen LogP contribution in [0.4, 0.5) is 4.79 Å². The second-order valence-corrected chi connectivity index (χ2v) is 4.11. The number of ether oxygens (including phenoxy) is 1. The van der Waals surface area contributed by atoms with Gasteiger partial charge in [0, 0.05) is 19.1 Å². The molecule has 2 aliphatic rings. The third-order valence-electron chi connectivity index (χ3n) is 3.12. The van der Waals surface area contributed by atoms with Crippen LogP contribution in [0.5, 0.6) is 0 Å². The molecule has 1 amide bonds. The standard InChI is InChI=1S/C10H17NO3/c12-6-5-9-7-11(10(13)14-9)8-3-1-2-4-8/h8-9,12H,1-7H2. The first-order valence-electron chi connectivity index (χ1n) is 5.39. The van der Waals surface area contributed by atoms with Gasteiger partial charge in [-0.2, -0.15) is 0 Å².